The van der Waals surface area contributed by atoms with E-state index in [4.69, 9.17) is 4.74 Å². The fraction of sp³-hybridized carbons (Fsp3) is 0.167. The summed E-state index contributed by atoms with van der Waals surface area (Å²) in [5, 5.41) is 15.1. The zero-order chi connectivity index (χ0) is 23.4. The molecule has 1 heterocycles. The molecule has 8 nitrogen and oxygen atoms in total. The summed E-state index contributed by atoms with van der Waals surface area (Å²) in [6.45, 7) is 0.340. The lowest BCUT2D eigenvalue weighted by molar-refractivity contribution is -0.385. The molecule has 0 spiro atoms. The number of para-hydroxylation sites is 3. The number of carbonyl (C=O) groups is 2. The molecule has 4 rings (SSSR count). The molecule has 2 amide bonds. The first-order chi connectivity index (χ1) is 16.0. The minimum Gasteiger partial charge on any atom is -0.487 e. The second-order valence-corrected chi connectivity index (χ2v) is 8.14. The first-order valence-corrected chi connectivity index (χ1v) is 11.4. The summed E-state index contributed by atoms with van der Waals surface area (Å²) in [7, 11) is 0. The Balaban J connectivity index is 1.69. The van der Waals surface area contributed by atoms with E-state index in [0.717, 1.165) is 5.33 Å². The van der Waals surface area contributed by atoms with Crippen molar-refractivity contribution >= 4 is 50.5 Å². The molecule has 9 heteroatoms. The molecular formula is C24H20BrN3O5. The Kier molecular flexibility index (Phi) is 6.69. The molecule has 3 aromatic rings. The average Bonchev–Trinajstić information content (AvgIpc) is 2.93. The Morgan fingerprint density at radius 3 is 2.55 bits per heavy atom. The van der Waals surface area contributed by atoms with E-state index in [1.54, 1.807) is 54.6 Å². The summed E-state index contributed by atoms with van der Waals surface area (Å²) in [6.07, 6.45) is 0.608. The third-order valence-electron chi connectivity index (χ3n) is 5.14. The minimum atomic E-state index is -0.517. The fourth-order valence-corrected chi connectivity index (χ4v) is 3.88. The van der Waals surface area contributed by atoms with Gasteiger partial charge in [0.05, 0.1) is 40.6 Å². The Morgan fingerprint density at radius 1 is 1.06 bits per heavy atom. The number of fused-ring (bicyclic) bond motifs is 2. The molecular weight excluding hydrogens is 490 g/mol. The quantitative estimate of drug-likeness (QED) is 0.203. The molecule has 0 bridgehead atoms. The van der Waals surface area contributed by atoms with Crippen molar-refractivity contribution in [2.24, 2.45) is 0 Å². The molecule has 0 saturated heterocycles. The van der Waals surface area contributed by atoms with E-state index < -0.39 is 4.92 Å². The van der Waals surface area contributed by atoms with Crippen LogP contribution in [0.25, 0.3) is 0 Å². The Bertz CT molecular complexity index is 1230. The van der Waals surface area contributed by atoms with Crippen LogP contribution in [0, 0.1) is 10.1 Å². The van der Waals surface area contributed by atoms with Gasteiger partial charge in [-0.2, -0.15) is 0 Å². The van der Waals surface area contributed by atoms with Crippen LogP contribution in [0.2, 0.25) is 0 Å². The molecule has 1 N–H and O–H groups in total. The summed E-state index contributed by atoms with van der Waals surface area (Å²) in [5.41, 5.74) is 2.14. The van der Waals surface area contributed by atoms with Crippen molar-refractivity contribution in [2.45, 2.75) is 12.8 Å². The maximum Gasteiger partial charge on any atom is 0.311 e. The summed E-state index contributed by atoms with van der Waals surface area (Å²) in [5.74, 6) is -0.472. The number of amides is 2. The molecule has 1 aliphatic heterocycles. The third-order valence-corrected chi connectivity index (χ3v) is 5.70. The molecule has 3 aromatic carbocycles. The van der Waals surface area contributed by atoms with Gasteiger partial charge in [-0.3, -0.25) is 24.6 Å². The first kappa shape index (κ1) is 22.5. The number of alkyl halides is 1. The highest BCUT2D eigenvalue weighted by atomic mass is 79.9. The Hall–Kier alpha value is -3.72. The van der Waals surface area contributed by atoms with Crippen LogP contribution in [0.5, 0.6) is 5.75 Å². The highest BCUT2D eigenvalue weighted by Crippen LogP contribution is 2.38. The summed E-state index contributed by atoms with van der Waals surface area (Å²) in [4.78, 5) is 38.8. The van der Waals surface area contributed by atoms with Gasteiger partial charge in [-0.25, -0.2) is 0 Å². The fourth-order valence-electron chi connectivity index (χ4n) is 3.65. The molecule has 168 valence electrons. The van der Waals surface area contributed by atoms with Crippen LogP contribution in [-0.4, -0.2) is 28.7 Å². The number of carbonyl (C=O) groups excluding carboxylic acids is 2. The van der Waals surface area contributed by atoms with E-state index in [-0.39, 0.29) is 29.7 Å². The lowest BCUT2D eigenvalue weighted by Crippen LogP contribution is -2.28. The van der Waals surface area contributed by atoms with Crippen molar-refractivity contribution < 1.29 is 19.2 Å². The van der Waals surface area contributed by atoms with Crippen LogP contribution in [0.3, 0.4) is 0 Å². The normalized spacial score (nSPS) is 12.3. The summed E-state index contributed by atoms with van der Waals surface area (Å²) < 4.78 is 5.52. The van der Waals surface area contributed by atoms with Gasteiger partial charge in [0, 0.05) is 11.4 Å². The molecule has 0 unspecified atom stereocenters. The largest absolute Gasteiger partial charge is 0.487 e. The predicted octanol–water partition coefficient (Wildman–Crippen LogP) is 5.23. The number of nitro groups is 1. The average molecular weight is 510 g/mol. The molecule has 0 radical (unpaired) electrons. The Labute approximate surface area is 198 Å². The molecule has 33 heavy (non-hydrogen) atoms. The van der Waals surface area contributed by atoms with Gasteiger partial charge in [0.25, 0.3) is 5.91 Å². The minimum absolute atomic E-state index is 0.0978. The summed E-state index contributed by atoms with van der Waals surface area (Å²) >= 11 is 3.30. The van der Waals surface area contributed by atoms with Crippen LogP contribution >= 0.6 is 15.9 Å². The Morgan fingerprint density at radius 2 is 1.79 bits per heavy atom. The molecule has 0 saturated carbocycles. The van der Waals surface area contributed by atoms with Crippen molar-refractivity contribution in [2.75, 3.05) is 22.2 Å². The van der Waals surface area contributed by atoms with E-state index >= 15 is 0 Å². The van der Waals surface area contributed by atoms with Crippen molar-refractivity contribution in [1.82, 2.24) is 0 Å². The van der Waals surface area contributed by atoms with Gasteiger partial charge in [-0.05, 0) is 42.3 Å². The van der Waals surface area contributed by atoms with E-state index in [9.17, 15) is 19.7 Å². The number of benzene rings is 3. The molecule has 0 atom stereocenters. The standard InChI is InChI=1S/C24H20BrN3O5/c25-12-5-13-33-22-11-10-16(14-21(22)28(31)32)15-23(29)27-19-8-3-1-6-17(19)24(30)26-18-7-2-4-9-20(18)27/h1-4,6-11,14H,5,12-13,15H2,(H,26,30). The van der Waals surface area contributed by atoms with E-state index in [1.165, 1.54) is 17.0 Å². The van der Waals surface area contributed by atoms with Gasteiger partial charge in [-0.1, -0.05) is 46.3 Å². The van der Waals surface area contributed by atoms with Gasteiger partial charge in [0.2, 0.25) is 5.91 Å². The number of anilines is 3. The molecule has 0 aromatic heterocycles. The SMILES string of the molecule is O=C1Nc2ccccc2N(C(=O)Cc2ccc(OCCCBr)c([N+](=O)[O-])c2)c2ccccc21. The number of hydrogen-bond acceptors (Lipinski definition) is 5. The smallest absolute Gasteiger partial charge is 0.311 e. The molecule has 0 aliphatic carbocycles. The molecule has 0 fully saturated rings. The molecule has 1 aliphatic rings. The highest BCUT2D eigenvalue weighted by molar-refractivity contribution is 9.09. The van der Waals surface area contributed by atoms with E-state index in [1.807, 2.05) is 0 Å². The van der Waals surface area contributed by atoms with Gasteiger partial charge in [-0.15, -0.1) is 0 Å². The van der Waals surface area contributed by atoms with Crippen LogP contribution in [0.15, 0.2) is 66.7 Å². The number of nitrogens with one attached hydrogen (secondary N) is 1. The third kappa shape index (κ3) is 4.73. The number of rotatable bonds is 7. The lowest BCUT2D eigenvalue weighted by Gasteiger charge is -2.24. The van der Waals surface area contributed by atoms with E-state index in [0.29, 0.717) is 41.2 Å². The number of nitrogens with zero attached hydrogens (tertiary/aromatic N) is 2. The van der Waals surface area contributed by atoms with Crippen molar-refractivity contribution in [3.05, 3.63) is 88.0 Å². The second-order valence-electron chi connectivity index (χ2n) is 7.34. The maximum absolute atomic E-state index is 13.5. The zero-order valence-corrected chi connectivity index (χ0v) is 19.1. The van der Waals surface area contributed by atoms with Crippen LogP contribution in [-0.2, 0) is 11.2 Å². The highest BCUT2D eigenvalue weighted by Gasteiger charge is 2.29. The van der Waals surface area contributed by atoms with Gasteiger partial charge < -0.3 is 10.1 Å². The first-order valence-electron chi connectivity index (χ1n) is 10.3. The zero-order valence-electron chi connectivity index (χ0n) is 17.5. The van der Waals surface area contributed by atoms with Gasteiger partial charge in [0.15, 0.2) is 5.75 Å². The number of nitro benzene ring substituents is 1. The monoisotopic (exact) mass is 509 g/mol. The maximum atomic E-state index is 13.5. The lowest BCUT2D eigenvalue weighted by atomic mass is 10.1. The van der Waals surface area contributed by atoms with Crippen LogP contribution < -0.4 is 15.0 Å². The van der Waals surface area contributed by atoms with Crippen LogP contribution in [0.1, 0.15) is 22.3 Å². The summed E-state index contributed by atoms with van der Waals surface area (Å²) in [6, 6.07) is 18.4. The topological polar surface area (TPSA) is 102 Å². The van der Waals surface area contributed by atoms with Crippen molar-refractivity contribution in [3.63, 3.8) is 0 Å². The van der Waals surface area contributed by atoms with Crippen LogP contribution in [0.4, 0.5) is 22.7 Å². The van der Waals surface area contributed by atoms with E-state index in [2.05, 4.69) is 21.2 Å². The predicted molar refractivity (Wildman–Crippen MR) is 129 cm³/mol. The van der Waals surface area contributed by atoms with Gasteiger partial charge >= 0.3 is 5.69 Å². The number of ether oxygens (including phenoxy) is 1. The number of halogens is 1. The second kappa shape index (κ2) is 9.83. The van der Waals surface area contributed by atoms with Crippen molar-refractivity contribution in [1.29, 1.82) is 0 Å². The number of hydrogen-bond donors (Lipinski definition) is 1. The van der Waals surface area contributed by atoms with Gasteiger partial charge in [0.1, 0.15) is 0 Å². The van der Waals surface area contributed by atoms with Crippen molar-refractivity contribution in [3.8, 4) is 5.75 Å².